The average Bonchev–Trinajstić information content (AvgIpc) is 3.99. The molecule has 0 aliphatic rings. The van der Waals surface area contributed by atoms with Gasteiger partial charge in [0.2, 0.25) is 0 Å². The fraction of sp³-hybridized carbons (Fsp3) is 0.0345. The molecule has 0 radical (unpaired) electrons. The van der Waals surface area contributed by atoms with Crippen LogP contribution < -0.4 is 4.90 Å². The van der Waals surface area contributed by atoms with Crippen LogP contribution in [-0.2, 0) is 0 Å². The number of rotatable bonds is 7. The number of aryl methyl sites for hydroxylation is 1. The molecule has 294 valence electrons. The van der Waals surface area contributed by atoms with Gasteiger partial charge in [-0.15, -0.1) is 22.7 Å². The smallest absolute Gasteiger partial charge is 0.0534 e. The molecule has 0 unspecified atom stereocenters. The molecule has 0 bridgehead atoms. The summed E-state index contributed by atoms with van der Waals surface area (Å²) >= 11 is 3.76. The highest BCUT2D eigenvalue weighted by molar-refractivity contribution is 7.26. The van der Waals surface area contributed by atoms with Crippen molar-refractivity contribution in [3.63, 3.8) is 0 Å². The molecule has 0 aliphatic heterocycles. The van der Waals surface area contributed by atoms with Crippen molar-refractivity contribution in [1.29, 1.82) is 0 Å². The van der Waals surface area contributed by atoms with Crippen LogP contribution in [0.4, 0.5) is 17.1 Å². The van der Waals surface area contributed by atoms with E-state index in [-0.39, 0.29) is 0 Å². The Bertz CT molecular complexity index is 3470. The topological polar surface area (TPSA) is 8.17 Å². The standard InChI is InChI=1S/C58H40N2S2/c1-37-38(2)59(54-18-6-3-11-47(37)54)43-29-21-39(22-30-43)40-23-31-44(32-24-40)60(45-33-25-41(26-34-45)48-14-9-16-52-50-12-4-7-19-55(50)61-57(48)52)46-35-27-42(28-36-46)49-15-10-17-53-51-13-5-8-20-56(51)62-58(49)53/h3-36H,1-2H3. The molecule has 12 aromatic rings. The van der Waals surface area contributed by atoms with Crippen molar-refractivity contribution < 1.29 is 0 Å². The van der Waals surface area contributed by atoms with E-state index in [1.54, 1.807) is 0 Å². The lowest BCUT2D eigenvalue weighted by Gasteiger charge is -2.26. The van der Waals surface area contributed by atoms with Gasteiger partial charge < -0.3 is 9.47 Å². The summed E-state index contributed by atoms with van der Waals surface area (Å²) in [4.78, 5) is 2.38. The van der Waals surface area contributed by atoms with E-state index in [0.29, 0.717) is 0 Å². The molecule has 0 spiro atoms. The van der Waals surface area contributed by atoms with Gasteiger partial charge in [-0.25, -0.2) is 0 Å². The van der Waals surface area contributed by atoms with Gasteiger partial charge in [0, 0.05) is 74.2 Å². The molecule has 0 amide bonds. The molecule has 12 rings (SSSR count). The van der Waals surface area contributed by atoms with Crippen molar-refractivity contribution in [2.75, 3.05) is 4.90 Å². The first kappa shape index (κ1) is 36.6. The van der Waals surface area contributed by atoms with Crippen molar-refractivity contribution in [1.82, 2.24) is 4.57 Å². The zero-order valence-corrected chi connectivity index (χ0v) is 36.0. The van der Waals surface area contributed by atoms with Crippen molar-refractivity contribution in [2.24, 2.45) is 0 Å². The highest BCUT2D eigenvalue weighted by Crippen LogP contribution is 2.44. The lowest BCUT2D eigenvalue weighted by molar-refractivity contribution is 1.04. The molecular formula is C58H40N2S2. The average molecular weight is 829 g/mol. The molecule has 0 saturated carbocycles. The number of anilines is 3. The molecule has 0 atom stereocenters. The van der Waals surface area contributed by atoms with Crippen molar-refractivity contribution >= 4 is 91.0 Å². The van der Waals surface area contributed by atoms with Crippen LogP contribution in [0.3, 0.4) is 0 Å². The van der Waals surface area contributed by atoms with E-state index in [9.17, 15) is 0 Å². The van der Waals surface area contributed by atoms with Crippen LogP contribution in [0, 0.1) is 13.8 Å². The molecule has 0 saturated heterocycles. The highest BCUT2D eigenvalue weighted by Gasteiger charge is 2.17. The minimum atomic E-state index is 1.11. The summed E-state index contributed by atoms with van der Waals surface area (Å²) in [7, 11) is 0. The van der Waals surface area contributed by atoms with Crippen molar-refractivity contribution in [3.05, 3.63) is 218 Å². The van der Waals surface area contributed by atoms with Crippen LogP contribution in [0.2, 0.25) is 0 Å². The number of thiophene rings is 2. The van der Waals surface area contributed by atoms with Gasteiger partial charge in [0.05, 0.1) is 5.52 Å². The Morgan fingerprint density at radius 3 is 1.26 bits per heavy atom. The Morgan fingerprint density at radius 1 is 0.355 bits per heavy atom. The number of hydrogen-bond donors (Lipinski definition) is 0. The lowest BCUT2D eigenvalue weighted by Crippen LogP contribution is -2.09. The second kappa shape index (κ2) is 14.7. The van der Waals surface area contributed by atoms with E-state index >= 15 is 0 Å². The molecule has 3 heterocycles. The third kappa shape index (κ3) is 5.98. The highest BCUT2D eigenvalue weighted by atomic mass is 32.1. The first-order chi connectivity index (χ1) is 30.6. The molecule has 4 heteroatoms. The number of para-hydroxylation sites is 1. The van der Waals surface area contributed by atoms with E-state index in [1.165, 1.54) is 102 Å². The van der Waals surface area contributed by atoms with Gasteiger partial charge in [-0.3, -0.25) is 0 Å². The van der Waals surface area contributed by atoms with Crippen molar-refractivity contribution in [2.45, 2.75) is 13.8 Å². The van der Waals surface area contributed by atoms with E-state index in [0.717, 1.165) is 17.1 Å². The Kier molecular flexibility index (Phi) is 8.70. The van der Waals surface area contributed by atoms with Gasteiger partial charge in [0.25, 0.3) is 0 Å². The SMILES string of the molecule is Cc1c(C)n(-c2ccc(-c3ccc(N(c4ccc(-c5cccc6c5sc5ccccc56)cc4)c4ccc(-c5cccc6c5sc5ccccc56)cc4)cc3)cc2)c2ccccc12. The molecule has 0 fully saturated rings. The number of benzene rings is 9. The zero-order chi connectivity index (χ0) is 41.3. The minimum absolute atomic E-state index is 1.11. The van der Waals surface area contributed by atoms with Crippen LogP contribution in [-0.4, -0.2) is 4.57 Å². The molecule has 9 aromatic carbocycles. The molecule has 3 aromatic heterocycles. The van der Waals surface area contributed by atoms with Crippen LogP contribution in [0.1, 0.15) is 11.3 Å². The minimum Gasteiger partial charge on any atom is -0.314 e. The fourth-order valence-corrected chi connectivity index (χ4v) is 11.9. The predicted octanol–water partition coefficient (Wildman–Crippen LogP) is 17.5. The Morgan fingerprint density at radius 2 is 0.758 bits per heavy atom. The summed E-state index contributed by atoms with van der Waals surface area (Å²) in [5, 5.41) is 6.59. The fourth-order valence-electron chi connectivity index (χ4n) is 9.44. The Labute approximate surface area is 368 Å². The molecule has 0 N–H and O–H groups in total. The predicted molar refractivity (Wildman–Crippen MR) is 270 cm³/mol. The van der Waals surface area contributed by atoms with Crippen LogP contribution in [0.25, 0.3) is 90.3 Å². The second-order valence-electron chi connectivity index (χ2n) is 16.1. The zero-order valence-electron chi connectivity index (χ0n) is 34.3. The maximum atomic E-state index is 2.38. The number of aromatic nitrogens is 1. The van der Waals surface area contributed by atoms with E-state index in [1.807, 2.05) is 22.7 Å². The van der Waals surface area contributed by atoms with Gasteiger partial charge in [0.15, 0.2) is 0 Å². The molecule has 62 heavy (non-hydrogen) atoms. The van der Waals surface area contributed by atoms with E-state index in [2.05, 4.69) is 230 Å². The maximum absolute atomic E-state index is 2.38. The number of fused-ring (bicyclic) bond motifs is 7. The third-order valence-electron chi connectivity index (χ3n) is 12.7. The normalized spacial score (nSPS) is 11.7. The summed E-state index contributed by atoms with van der Waals surface area (Å²) in [6.07, 6.45) is 0. The largest absolute Gasteiger partial charge is 0.314 e. The summed E-state index contributed by atoms with van der Waals surface area (Å²) in [6.45, 7) is 4.43. The van der Waals surface area contributed by atoms with Gasteiger partial charge in [0.1, 0.15) is 0 Å². The first-order valence-electron chi connectivity index (χ1n) is 21.2. The van der Waals surface area contributed by atoms with Gasteiger partial charge in [-0.1, -0.05) is 140 Å². The van der Waals surface area contributed by atoms with Gasteiger partial charge in [-0.05, 0) is 120 Å². The summed E-state index contributed by atoms with van der Waals surface area (Å²) in [5.41, 5.74) is 15.7. The summed E-state index contributed by atoms with van der Waals surface area (Å²) in [6, 6.07) is 75.8. The number of hydrogen-bond acceptors (Lipinski definition) is 3. The monoisotopic (exact) mass is 828 g/mol. The van der Waals surface area contributed by atoms with Crippen LogP contribution in [0.5, 0.6) is 0 Å². The van der Waals surface area contributed by atoms with Crippen molar-refractivity contribution in [3.8, 4) is 39.1 Å². The molecule has 2 nitrogen and oxygen atoms in total. The number of nitrogens with zero attached hydrogens (tertiary/aromatic N) is 2. The van der Waals surface area contributed by atoms with Gasteiger partial charge in [-0.2, -0.15) is 0 Å². The maximum Gasteiger partial charge on any atom is 0.0534 e. The summed E-state index contributed by atoms with van der Waals surface area (Å²) in [5.74, 6) is 0. The third-order valence-corrected chi connectivity index (χ3v) is 15.1. The van der Waals surface area contributed by atoms with E-state index < -0.39 is 0 Å². The van der Waals surface area contributed by atoms with Crippen LogP contribution >= 0.6 is 22.7 Å². The first-order valence-corrected chi connectivity index (χ1v) is 22.8. The van der Waals surface area contributed by atoms with E-state index in [4.69, 9.17) is 0 Å². The molecule has 0 aliphatic carbocycles. The van der Waals surface area contributed by atoms with Gasteiger partial charge >= 0.3 is 0 Å². The Hall–Kier alpha value is -7.24. The second-order valence-corrected chi connectivity index (χ2v) is 18.3. The Balaban J connectivity index is 0.915. The quantitative estimate of drug-likeness (QED) is 0.155. The van der Waals surface area contributed by atoms with Crippen LogP contribution in [0.15, 0.2) is 206 Å². The lowest BCUT2D eigenvalue weighted by atomic mass is 10.0. The summed E-state index contributed by atoms with van der Waals surface area (Å²) < 4.78 is 7.68. The molecular weight excluding hydrogens is 789 g/mol.